The lowest BCUT2D eigenvalue weighted by molar-refractivity contribution is -0.145. The maximum atomic E-state index is 14.0. The van der Waals surface area contributed by atoms with Crippen molar-refractivity contribution in [3.63, 3.8) is 0 Å². The lowest BCUT2D eigenvalue weighted by Crippen LogP contribution is -2.53. The number of rotatable bonds is 9. The molecule has 0 aromatic carbocycles. The van der Waals surface area contributed by atoms with E-state index in [0.29, 0.717) is 39.1 Å². The minimum atomic E-state index is -0.780. The summed E-state index contributed by atoms with van der Waals surface area (Å²) in [4.78, 5) is 47.3. The van der Waals surface area contributed by atoms with E-state index in [4.69, 9.17) is 0 Å². The van der Waals surface area contributed by atoms with Crippen molar-refractivity contribution in [3.05, 3.63) is 24.3 Å². The predicted molar refractivity (Wildman–Crippen MR) is 134 cm³/mol. The third kappa shape index (κ3) is 4.00. The second kappa shape index (κ2) is 10.1. The van der Waals surface area contributed by atoms with Crippen molar-refractivity contribution in [2.75, 3.05) is 39.3 Å². The van der Waals surface area contributed by atoms with E-state index >= 15 is 0 Å². The summed E-state index contributed by atoms with van der Waals surface area (Å²) in [5.41, 5.74) is 0. The summed E-state index contributed by atoms with van der Waals surface area (Å²) in [6.07, 6.45) is 12.6. The monoisotopic (exact) mass is 489 g/mol. The first-order valence-corrected chi connectivity index (χ1v) is 13.7. The van der Waals surface area contributed by atoms with E-state index in [1.165, 1.54) is 0 Å². The average Bonchev–Trinajstić information content (AvgIpc) is 3.08. The van der Waals surface area contributed by atoms with Gasteiger partial charge in [0.15, 0.2) is 0 Å². The first kappa shape index (κ1) is 25.3. The standard InChI is InChI=1S/C26H39N3O4S/c1-4-6-7-14-28-16-9-12-26-20(23(32)29(17-10-18-30)21(26)24(28)33)19-22(31)27(13-5-2)15-8-11-25(19,3)34-26/h8-9,11-12,19-21,30H,4-7,10,13-18H2,1-3H3/t19-,20+,21?,25+,26+/m1/s1. The molecule has 0 radical (unpaired) electrons. The molecular weight excluding hydrogens is 450 g/mol. The van der Waals surface area contributed by atoms with Gasteiger partial charge in [-0.05, 0) is 26.2 Å². The molecule has 4 aliphatic rings. The number of fused-ring (bicyclic) bond motifs is 2. The lowest BCUT2D eigenvalue weighted by Gasteiger charge is -2.36. The van der Waals surface area contributed by atoms with Crippen molar-refractivity contribution >= 4 is 29.5 Å². The second-order valence-corrected chi connectivity index (χ2v) is 12.0. The summed E-state index contributed by atoms with van der Waals surface area (Å²) in [5.74, 6) is -1.22. The minimum Gasteiger partial charge on any atom is -0.396 e. The molecule has 2 fully saturated rings. The molecule has 0 aromatic rings. The van der Waals surface area contributed by atoms with E-state index in [9.17, 15) is 19.5 Å². The fourth-order valence-corrected chi connectivity index (χ4v) is 8.48. The van der Waals surface area contributed by atoms with Crippen LogP contribution in [0.1, 0.15) is 52.9 Å². The van der Waals surface area contributed by atoms with Crippen LogP contribution in [0.2, 0.25) is 0 Å². The molecule has 188 valence electrons. The molecule has 1 spiro atoms. The molecule has 0 bridgehead atoms. The van der Waals surface area contributed by atoms with E-state index < -0.39 is 27.4 Å². The molecular formula is C26H39N3O4S. The normalized spacial score (nSPS) is 34.9. The molecule has 2 saturated heterocycles. The molecule has 4 heterocycles. The molecule has 0 aromatic heterocycles. The number of carbonyl (C=O) groups is 3. The van der Waals surface area contributed by atoms with Crippen molar-refractivity contribution in [2.45, 2.75) is 68.4 Å². The molecule has 1 N–H and O–H groups in total. The summed E-state index contributed by atoms with van der Waals surface area (Å²) in [6, 6.07) is -0.647. The van der Waals surface area contributed by atoms with Crippen LogP contribution in [0.15, 0.2) is 24.3 Å². The summed E-state index contributed by atoms with van der Waals surface area (Å²) in [5, 5.41) is 9.51. The van der Waals surface area contributed by atoms with Gasteiger partial charge in [0.05, 0.1) is 16.6 Å². The zero-order valence-electron chi connectivity index (χ0n) is 20.7. The Labute approximate surface area is 207 Å². The highest BCUT2D eigenvalue weighted by Gasteiger charge is 2.73. The maximum Gasteiger partial charge on any atom is 0.247 e. The van der Waals surface area contributed by atoms with Crippen LogP contribution >= 0.6 is 11.8 Å². The Balaban J connectivity index is 1.77. The number of aliphatic hydroxyl groups is 1. The van der Waals surface area contributed by atoms with E-state index in [1.54, 1.807) is 16.7 Å². The Hall–Kier alpha value is -1.80. The molecule has 4 aliphatic heterocycles. The molecule has 34 heavy (non-hydrogen) atoms. The van der Waals surface area contributed by atoms with Gasteiger partial charge in [-0.25, -0.2) is 0 Å². The van der Waals surface area contributed by atoms with Crippen LogP contribution in [0.25, 0.3) is 0 Å². The van der Waals surface area contributed by atoms with Gasteiger partial charge in [-0.3, -0.25) is 14.4 Å². The zero-order chi connectivity index (χ0) is 24.5. The Bertz CT molecular complexity index is 876. The molecule has 0 aliphatic carbocycles. The van der Waals surface area contributed by atoms with Crippen LogP contribution in [-0.2, 0) is 14.4 Å². The van der Waals surface area contributed by atoms with Crippen LogP contribution in [0.4, 0.5) is 0 Å². The van der Waals surface area contributed by atoms with Gasteiger partial charge in [0.1, 0.15) is 6.04 Å². The quantitative estimate of drug-likeness (QED) is 0.398. The molecule has 0 saturated carbocycles. The van der Waals surface area contributed by atoms with Gasteiger partial charge < -0.3 is 19.8 Å². The van der Waals surface area contributed by atoms with Crippen molar-refractivity contribution in [3.8, 4) is 0 Å². The number of hydrogen-bond acceptors (Lipinski definition) is 5. The Kier molecular flexibility index (Phi) is 7.48. The van der Waals surface area contributed by atoms with Crippen LogP contribution in [0.5, 0.6) is 0 Å². The summed E-state index contributed by atoms with van der Waals surface area (Å²) >= 11 is 1.63. The van der Waals surface area contributed by atoms with E-state index in [2.05, 4.69) is 39.0 Å². The van der Waals surface area contributed by atoms with Gasteiger partial charge in [-0.2, -0.15) is 0 Å². The number of amides is 3. The summed E-state index contributed by atoms with van der Waals surface area (Å²) in [7, 11) is 0. The first-order chi connectivity index (χ1) is 16.3. The molecule has 1 unspecified atom stereocenters. The van der Waals surface area contributed by atoms with Gasteiger partial charge in [0.25, 0.3) is 0 Å². The van der Waals surface area contributed by atoms with Gasteiger partial charge >= 0.3 is 0 Å². The highest BCUT2D eigenvalue weighted by Crippen LogP contribution is 2.65. The topological polar surface area (TPSA) is 81.2 Å². The number of likely N-dealkylation sites (tertiary alicyclic amines) is 1. The van der Waals surface area contributed by atoms with Crippen LogP contribution in [0, 0.1) is 11.8 Å². The van der Waals surface area contributed by atoms with E-state index in [1.807, 2.05) is 15.9 Å². The van der Waals surface area contributed by atoms with E-state index in [0.717, 1.165) is 25.7 Å². The fraction of sp³-hybridized carbons (Fsp3) is 0.731. The van der Waals surface area contributed by atoms with Gasteiger partial charge in [0.2, 0.25) is 17.7 Å². The van der Waals surface area contributed by atoms with E-state index in [-0.39, 0.29) is 24.3 Å². The van der Waals surface area contributed by atoms with Crippen molar-refractivity contribution < 1.29 is 19.5 Å². The molecule has 3 amide bonds. The van der Waals surface area contributed by atoms with Crippen molar-refractivity contribution in [1.82, 2.24) is 14.7 Å². The smallest absolute Gasteiger partial charge is 0.247 e. The fourth-order valence-electron chi connectivity index (χ4n) is 6.32. The number of unbranched alkanes of at least 4 members (excludes halogenated alkanes) is 2. The zero-order valence-corrected chi connectivity index (χ0v) is 21.6. The van der Waals surface area contributed by atoms with Crippen LogP contribution in [-0.4, -0.2) is 92.4 Å². The van der Waals surface area contributed by atoms with Gasteiger partial charge in [-0.1, -0.05) is 51.0 Å². The Morgan fingerprint density at radius 2 is 1.59 bits per heavy atom. The Morgan fingerprint density at radius 3 is 2.26 bits per heavy atom. The van der Waals surface area contributed by atoms with Crippen LogP contribution < -0.4 is 0 Å². The predicted octanol–water partition coefficient (Wildman–Crippen LogP) is 2.45. The van der Waals surface area contributed by atoms with Crippen LogP contribution in [0.3, 0.4) is 0 Å². The third-order valence-electron chi connectivity index (χ3n) is 7.81. The number of thioether (sulfide) groups is 1. The van der Waals surface area contributed by atoms with Crippen molar-refractivity contribution in [2.24, 2.45) is 11.8 Å². The molecule has 5 atom stereocenters. The summed E-state index contributed by atoms with van der Waals surface area (Å²) < 4.78 is -1.33. The number of hydrogen-bond donors (Lipinski definition) is 1. The third-order valence-corrected chi connectivity index (χ3v) is 9.60. The molecule has 8 heteroatoms. The Morgan fingerprint density at radius 1 is 0.882 bits per heavy atom. The number of nitrogens with zero attached hydrogens (tertiary/aromatic N) is 3. The second-order valence-electron chi connectivity index (χ2n) is 10.2. The first-order valence-electron chi connectivity index (χ1n) is 12.9. The average molecular weight is 490 g/mol. The lowest BCUT2D eigenvalue weighted by atomic mass is 9.74. The van der Waals surface area contributed by atoms with Gasteiger partial charge in [0, 0.05) is 44.1 Å². The summed E-state index contributed by atoms with van der Waals surface area (Å²) in [6.45, 7) is 8.96. The molecule has 4 rings (SSSR count). The highest BCUT2D eigenvalue weighted by atomic mass is 32.2. The SMILES string of the molecule is CCCCCN1CC=C[C@]23S[C@@]4(C)C=CCN(CCC)C(=O)[C@H]4[C@H]2C(=O)N(CCCO)C3C1=O. The number of aliphatic hydroxyl groups excluding tert-OH is 1. The number of carbonyl (C=O) groups excluding carboxylic acids is 3. The minimum absolute atomic E-state index is 0.0183. The maximum absolute atomic E-state index is 14.0. The van der Waals surface area contributed by atoms with Crippen molar-refractivity contribution in [1.29, 1.82) is 0 Å². The largest absolute Gasteiger partial charge is 0.396 e. The molecule has 7 nitrogen and oxygen atoms in total. The van der Waals surface area contributed by atoms with Gasteiger partial charge in [-0.15, -0.1) is 11.8 Å². The highest BCUT2D eigenvalue weighted by molar-refractivity contribution is 8.02.